The second kappa shape index (κ2) is 5.30. The Morgan fingerprint density at radius 2 is 2.06 bits per heavy atom. The third-order valence-electron chi connectivity index (χ3n) is 2.49. The van der Waals surface area contributed by atoms with Crippen LogP contribution in [-0.2, 0) is 11.3 Å². The van der Waals surface area contributed by atoms with E-state index in [1.807, 2.05) is 13.8 Å². The van der Waals surface area contributed by atoms with E-state index in [9.17, 15) is 9.50 Å². The number of hydrogen-bond acceptors (Lipinski definition) is 2. The fourth-order valence-electron chi connectivity index (χ4n) is 1.60. The van der Waals surface area contributed by atoms with Crippen molar-refractivity contribution in [3.05, 3.63) is 29.6 Å². The summed E-state index contributed by atoms with van der Waals surface area (Å²) in [6, 6.07) is 4.27. The molecule has 1 N–H and O–H groups in total. The quantitative estimate of drug-likeness (QED) is 0.830. The molecule has 0 aliphatic heterocycles. The van der Waals surface area contributed by atoms with Crippen LogP contribution in [0.15, 0.2) is 18.2 Å². The molecule has 90 valence electrons. The molecule has 0 aliphatic rings. The molecule has 0 saturated carbocycles. The minimum absolute atomic E-state index is 0.182. The zero-order valence-electron chi connectivity index (χ0n) is 10.1. The maximum absolute atomic E-state index is 12.8. The fraction of sp³-hybridized carbons (Fsp3) is 0.538. The number of hydrogen-bond donors (Lipinski definition) is 1. The lowest BCUT2D eigenvalue weighted by molar-refractivity contribution is -0.0354. The molecule has 0 saturated heterocycles. The first-order valence-electron chi connectivity index (χ1n) is 5.56. The van der Waals surface area contributed by atoms with E-state index >= 15 is 0 Å². The molecule has 0 spiro atoms. The molecule has 1 rings (SSSR count). The van der Waals surface area contributed by atoms with Crippen LogP contribution >= 0.6 is 0 Å². The Balaban J connectivity index is 2.57. The normalized spacial score (nSPS) is 11.8. The van der Waals surface area contributed by atoms with Gasteiger partial charge >= 0.3 is 0 Å². The van der Waals surface area contributed by atoms with E-state index in [4.69, 9.17) is 4.74 Å². The van der Waals surface area contributed by atoms with E-state index < -0.39 is 5.82 Å². The molecule has 0 radical (unpaired) electrons. The van der Waals surface area contributed by atoms with E-state index in [2.05, 4.69) is 6.92 Å². The SMILES string of the molecule is CCCC(C)(C)OCc1ccc(F)c(O)c1. The largest absolute Gasteiger partial charge is 0.505 e. The number of halogens is 1. The highest BCUT2D eigenvalue weighted by Crippen LogP contribution is 2.21. The average molecular weight is 226 g/mol. The highest BCUT2D eigenvalue weighted by molar-refractivity contribution is 5.28. The summed E-state index contributed by atoms with van der Waals surface area (Å²) in [7, 11) is 0. The van der Waals surface area contributed by atoms with Crippen molar-refractivity contribution in [2.24, 2.45) is 0 Å². The first-order valence-corrected chi connectivity index (χ1v) is 5.56. The predicted molar refractivity (Wildman–Crippen MR) is 61.8 cm³/mol. The van der Waals surface area contributed by atoms with E-state index in [1.54, 1.807) is 6.07 Å². The first kappa shape index (κ1) is 13.0. The van der Waals surface area contributed by atoms with Crippen molar-refractivity contribution in [3.8, 4) is 5.75 Å². The number of rotatable bonds is 5. The number of ether oxygens (including phenoxy) is 1. The van der Waals surface area contributed by atoms with Gasteiger partial charge in [0.15, 0.2) is 11.6 Å². The highest BCUT2D eigenvalue weighted by atomic mass is 19.1. The van der Waals surface area contributed by atoms with Crippen molar-refractivity contribution in [2.45, 2.75) is 45.8 Å². The van der Waals surface area contributed by atoms with Crippen molar-refractivity contribution in [1.29, 1.82) is 0 Å². The lowest BCUT2D eigenvalue weighted by Crippen LogP contribution is -2.23. The van der Waals surface area contributed by atoms with Gasteiger partial charge in [0, 0.05) is 0 Å². The number of phenols is 1. The molecule has 0 atom stereocenters. The topological polar surface area (TPSA) is 29.5 Å². The average Bonchev–Trinajstić information content (AvgIpc) is 2.20. The lowest BCUT2D eigenvalue weighted by Gasteiger charge is -2.24. The first-order chi connectivity index (χ1) is 7.44. The summed E-state index contributed by atoms with van der Waals surface area (Å²) in [4.78, 5) is 0. The van der Waals surface area contributed by atoms with E-state index in [0.717, 1.165) is 18.4 Å². The zero-order valence-corrected chi connectivity index (χ0v) is 10.1. The molecule has 0 bridgehead atoms. The van der Waals surface area contributed by atoms with E-state index in [0.29, 0.717) is 6.61 Å². The Bertz CT molecular complexity index is 348. The van der Waals surface area contributed by atoms with Gasteiger partial charge in [0.1, 0.15) is 0 Å². The van der Waals surface area contributed by atoms with Gasteiger partial charge in [-0.3, -0.25) is 0 Å². The summed E-state index contributed by atoms with van der Waals surface area (Å²) in [5.41, 5.74) is 0.599. The number of benzene rings is 1. The van der Waals surface area contributed by atoms with Crippen LogP contribution in [0.3, 0.4) is 0 Å². The molecule has 0 fully saturated rings. The van der Waals surface area contributed by atoms with Gasteiger partial charge in [-0.1, -0.05) is 19.4 Å². The maximum Gasteiger partial charge on any atom is 0.164 e. The molecule has 2 nitrogen and oxygen atoms in total. The molecule has 0 heterocycles. The van der Waals surface area contributed by atoms with Gasteiger partial charge in [0.2, 0.25) is 0 Å². The summed E-state index contributed by atoms with van der Waals surface area (Å²) in [5.74, 6) is -0.925. The summed E-state index contributed by atoms with van der Waals surface area (Å²) in [5, 5.41) is 9.20. The van der Waals surface area contributed by atoms with Crippen LogP contribution in [0.1, 0.15) is 39.2 Å². The van der Waals surface area contributed by atoms with Gasteiger partial charge in [0.25, 0.3) is 0 Å². The summed E-state index contributed by atoms with van der Waals surface area (Å²) in [6.07, 6.45) is 2.03. The molecular weight excluding hydrogens is 207 g/mol. The van der Waals surface area contributed by atoms with Gasteiger partial charge in [-0.2, -0.15) is 0 Å². The lowest BCUT2D eigenvalue weighted by atomic mass is 10.0. The fourth-order valence-corrected chi connectivity index (χ4v) is 1.60. The van der Waals surface area contributed by atoms with Gasteiger partial charge in [-0.25, -0.2) is 4.39 Å². The van der Waals surface area contributed by atoms with E-state index in [-0.39, 0.29) is 11.4 Å². The monoisotopic (exact) mass is 226 g/mol. The Hall–Kier alpha value is -1.09. The molecular formula is C13H19FO2. The summed E-state index contributed by atoms with van der Waals surface area (Å²) < 4.78 is 18.5. The van der Waals surface area contributed by atoms with Crippen molar-refractivity contribution in [1.82, 2.24) is 0 Å². The van der Waals surface area contributed by atoms with Crippen LogP contribution in [0.2, 0.25) is 0 Å². The zero-order chi connectivity index (χ0) is 12.2. The van der Waals surface area contributed by atoms with Gasteiger partial charge in [-0.15, -0.1) is 0 Å². The second-order valence-corrected chi connectivity index (χ2v) is 4.58. The van der Waals surface area contributed by atoms with Crippen molar-refractivity contribution in [3.63, 3.8) is 0 Å². The molecule has 1 aromatic carbocycles. The Kier molecular flexibility index (Phi) is 4.30. The Morgan fingerprint density at radius 3 is 2.62 bits per heavy atom. The minimum atomic E-state index is -0.600. The Morgan fingerprint density at radius 1 is 1.38 bits per heavy atom. The highest BCUT2D eigenvalue weighted by Gasteiger charge is 2.17. The van der Waals surface area contributed by atoms with Crippen LogP contribution in [0.25, 0.3) is 0 Å². The van der Waals surface area contributed by atoms with Crippen LogP contribution < -0.4 is 0 Å². The van der Waals surface area contributed by atoms with Crippen molar-refractivity contribution < 1.29 is 14.2 Å². The molecule has 0 amide bonds. The third kappa shape index (κ3) is 3.81. The third-order valence-corrected chi connectivity index (χ3v) is 2.49. The van der Waals surface area contributed by atoms with Crippen LogP contribution in [0.4, 0.5) is 4.39 Å². The molecule has 0 aromatic heterocycles. The Labute approximate surface area is 96.1 Å². The second-order valence-electron chi connectivity index (χ2n) is 4.58. The molecule has 16 heavy (non-hydrogen) atoms. The van der Waals surface area contributed by atoms with Crippen LogP contribution in [-0.4, -0.2) is 10.7 Å². The molecule has 0 aliphatic carbocycles. The standard InChI is InChI=1S/C13H19FO2/c1-4-7-13(2,3)16-9-10-5-6-11(14)12(15)8-10/h5-6,8,15H,4,7,9H2,1-3H3. The predicted octanol–water partition coefficient (Wildman–Crippen LogP) is 3.63. The molecule has 1 aromatic rings. The number of phenolic OH excluding ortho intramolecular Hbond substituents is 1. The minimum Gasteiger partial charge on any atom is -0.505 e. The van der Waals surface area contributed by atoms with Gasteiger partial charge in [-0.05, 0) is 38.0 Å². The maximum atomic E-state index is 12.8. The smallest absolute Gasteiger partial charge is 0.164 e. The van der Waals surface area contributed by atoms with E-state index in [1.165, 1.54) is 12.1 Å². The number of aromatic hydroxyl groups is 1. The summed E-state index contributed by atoms with van der Waals surface area (Å²) in [6.45, 7) is 6.55. The van der Waals surface area contributed by atoms with Crippen LogP contribution in [0.5, 0.6) is 5.75 Å². The van der Waals surface area contributed by atoms with Crippen molar-refractivity contribution >= 4 is 0 Å². The molecule has 0 unspecified atom stereocenters. The van der Waals surface area contributed by atoms with Crippen molar-refractivity contribution in [2.75, 3.05) is 0 Å². The summed E-state index contributed by atoms with van der Waals surface area (Å²) >= 11 is 0. The van der Waals surface area contributed by atoms with Crippen LogP contribution in [0, 0.1) is 5.82 Å². The molecule has 3 heteroatoms. The van der Waals surface area contributed by atoms with Gasteiger partial charge in [0.05, 0.1) is 12.2 Å². The van der Waals surface area contributed by atoms with Gasteiger partial charge < -0.3 is 9.84 Å².